The molecule has 0 saturated heterocycles. The van der Waals surface area contributed by atoms with E-state index in [-0.39, 0.29) is 16.4 Å². The average molecular weight is 317 g/mol. The van der Waals surface area contributed by atoms with Gasteiger partial charge in [-0.1, -0.05) is 11.6 Å². The molecule has 2 rings (SSSR count). The van der Waals surface area contributed by atoms with E-state index in [0.29, 0.717) is 0 Å². The van der Waals surface area contributed by atoms with Crippen molar-refractivity contribution in [1.82, 2.24) is 15.0 Å². The van der Waals surface area contributed by atoms with Gasteiger partial charge in [-0.2, -0.15) is 0 Å². The van der Waals surface area contributed by atoms with E-state index in [4.69, 9.17) is 0 Å². The fourth-order valence-electron chi connectivity index (χ4n) is 1.74. The van der Waals surface area contributed by atoms with Gasteiger partial charge in [-0.15, -0.1) is 11.3 Å². The lowest BCUT2D eigenvalue weighted by atomic mass is 10.1. The molecule has 1 aromatic heterocycles. The van der Waals surface area contributed by atoms with Crippen molar-refractivity contribution in [1.29, 1.82) is 0 Å². The van der Waals surface area contributed by atoms with E-state index in [9.17, 15) is 13.2 Å². The van der Waals surface area contributed by atoms with Crippen molar-refractivity contribution in [2.45, 2.75) is 10.6 Å². The minimum absolute atomic E-state index is 0.112. The maximum Gasteiger partial charge on any atom is 0.358 e. The fourth-order valence-corrected chi connectivity index (χ4v) is 3.95. The standard InChI is InChI=1S/C11H15N3O4S2/c1-18-10(15)9-11(19-7-13-9)20(16,17)14-6-8-2-4-12-5-3-8/h2,7,12,14H,3-6H2,1H3. The molecular weight excluding hydrogens is 302 g/mol. The highest BCUT2D eigenvalue weighted by Crippen LogP contribution is 2.20. The van der Waals surface area contributed by atoms with Crippen molar-refractivity contribution in [3.63, 3.8) is 0 Å². The van der Waals surface area contributed by atoms with Gasteiger partial charge in [0.1, 0.15) is 0 Å². The number of methoxy groups -OCH3 is 1. The molecular formula is C11H15N3O4S2. The van der Waals surface area contributed by atoms with Crippen LogP contribution in [0.3, 0.4) is 0 Å². The van der Waals surface area contributed by atoms with Crippen LogP contribution in [-0.2, 0) is 14.8 Å². The molecule has 0 bridgehead atoms. The summed E-state index contributed by atoms with van der Waals surface area (Å²) in [6.45, 7) is 1.81. The van der Waals surface area contributed by atoms with Gasteiger partial charge in [0.05, 0.1) is 12.6 Å². The number of ether oxygens (including phenoxy) is 1. The van der Waals surface area contributed by atoms with E-state index in [0.717, 1.165) is 36.4 Å². The molecule has 0 unspecified atom stereocenters. The normalized spacial score (nSPS) is 15.8. The Hall–Kier alpha value is -1.29. The number of esters is 1. The van der Waals surface area contributed by atoms with Gasteiger partial charge in [-0.05, 0) is 13.0 Å². The summed E-state index contributed by atoms with van der Waals surface area (Å²) in [7, 11) is -2.57. The Balaban J connectivity index is 2.12. The predicted octanol–water partition coefficient (Wildman–Crippen LogP) is 0.128. The van der Waals surface area contributed by atoms with Crippen LogP contribution < -0.4 is 10.0 Å². The van der Waals surface area contributed by atoms with Crippen LogP contribution in [0, 0.1) is 0 Å². The van der Waals surface area contributed by atoms with Crippen molar-refractivity contribution in [2.24, 2.45) is 0 Å². The molecule has 0 saturated carbocycles. The van der Waals surface area contributed by atoms with Gasteiger partial charge in [0.25, 0.3) is 10.0 Å². The number of nitrogens with one attached hydrogen (secondary N) is 2. The first-order valence-electron chi connectivity index (χ1n) is 5.94. The second-order valence-corrected chi connectivity index (χ2v) is 6.94. The van der Waals surface area contributed by atoms with E-state index in [1.165, 1.54) is 12.6 Å². The zero-order chi connectivity index (χ0) is 14.6. The van der Waals surface area contributed by atoms with Crippen LogP contribution in [-0.4, -0.2) is 46.1 Å². The molecule has 0 aliphatic carbocycles. The molecule has 1 aliphatic heterocycles. The predicted molar refractivity (Wildman–Crippen MR) is 74.2 cm³/mol. The summed E-state index contributed by atoms with van der Waals surface area (Å²) < 4.78 is 31.3. The lowest BCUT2D eigenvalue weighted by Crippen LogP contribution is -2.30. The Morgan fingerprint density at radius 1 is 1.60 bits per heavy atom. The maximum atomic E-state index is 12.2. The molecule has 0 radical (unpaired) electrons. The van der Waals surface area contributed by atoms with E-state index in [2.05, 4.69) is 19.8 Å². The minimum Gasteiger partial charge on any atom is -0.464 e. The van der Waals surface area contributed by atoms with Crippen molar-refractivity contribution in [3.8, 4) is 0 Å². The third kappa shape index (κ3) is 3.42. The number of thiazole rings is 1. The first-order valence-corrected chi connectivity index (χ1v) is 8.31. The average Bonchev–Trinajstić information content (AvgIpc) is 2.96. The minimum atomic E-state index is -3.76. The Morgan fingerprint density at radius 2 is 2.40 bits per heavy atom. The molecule has 0 fully saturated rings. The topological polar surface area (TPSA) is 97.4 Å². The van der Waals surface area contributed by atoms with Crippen LogP contribution in [0.15, 0.2) is 21.4 Å². The number of nitrogens with zero attached hydrogens (tertiary/aromatic N) is 1. The maximum absolute atomic E-state index is 12.2. The summed E-state index contributed by atoms with van der Waals surface area (Å²) in [5.41, 5.74) is 2.16. The molecule has 7 nitrogen and oxygen atoms in total. The van der Waals surface area contributed by atoms with Gasteiger partial charge < -0.3 is 10.1 Å². The number of hydrogen-bond acceptors (Lipinski definition) is 7. The van der Waals surface area contributed by atoms with E-state index in [1.807, 2.05) is 6.08 Å². The first kappa shape index (κ1) is 15.1. The summed E-state index contributed by atoms with van der Waals surface area (Å²) in [6.07, 6.45) is 2.76. The van der Waals surface area contributed by atoms with Crippen LogP contribution in [0.5, 0.6) is 0 Å². The number of carbonyl (C=O) groups excluding carboxylic acids is 1. The second-order valence-electron chi connectivity index (χ2n) is 4.12. The Kier molecular flexibility index (Phi) is 4.86. The van der Waals surface area contributed by atoms with E-state index in [1.54, 1.807) is 0 Å². The molecule has 1 aliphatic rings. The highest BCUT2D eigenvalue weighted by molar-refractivity contribution is 7.91. The quantitative estimate of drug-likeness (QED) is 0.592. The Labute approximate surface area is 121 Å². The molecule has 0 atom stereocenters. The summed E-state index contributed by atoms with van der Waals surface area (Å²) in [5.74, 6) is -0.757. The molecule has 9 heteroatoms. The van der Waals surface area contributed by atoms with Crippen LogP contribution in [0.4, 0.5) is 0 Å². The number of rotatable bonds is 5. The highest BCUT2D eigenvalue weighted by atomic mass is 32.2. The number of sulfonamides is 1. The monoisotopic (exact) mass is 317 g/mol. The lowest BCUT2D eigenvalue weighted by molar-refractivity contribution is 0.0590. The molecule has 0 amide bonds. The third-order valence-electron chi connectivity index (χ3n) is 2.80. The summed E-state index contributed by atoms with van der Waals surface area (Å²) >= 11 is 0.893. The van der Waals surface area contributed by atoms with E-state index >= 15 is 0 Å². The highest BCUT2D eigenvalue weighted by Gasteiger charge is 2.26. The van der Waals surface area contributed by atoms with Crippen molar-refractivity contribution >= 4 is 27.3 Å². The number of carbonyl (C=O) groups is 1. The smallest absolute Gasteiger partial charge is 0.358 e. The SMILES string of the molecule is COC(=O)c1ncsc1S(=O)(=O)NCC1=CCNCC1. The summed E-state index contributed by atoms with van der Waals surface area (Å²) in [6, 6.07) is 0. The van der Waals surface area contributed by atoms with Gasteiger partial charge in [0.15, 0.2) is 9.90 Å². The molecule has 0 aromatic carbocycles. The van der Waals surface area contributed by atoms with Gasteiger partial charge in [0.2, 0.25) is 0 Å². The fraction of sp³-hybridized carbons (Fsp3) is 0.455. The summed E-state index contributed by atoms with van der Waals surface area (Å²) in [5, 5.41) is 3.15. The second kappa shape index (κ2) is 6.44. The van der Waals surface area contributed by atoms with Gasteiger partial charge >= 0.3 is 5.97 Å². The van der Waals surface area contributed by atoms with Crippen molar-refractivity contribution < 1.29 is 17.9 Å². The largest absolute Gasteiger partial charge is 0.464 e. The Morgan fingerprint density at radius 3 is 3.05 bits per heavy atom. The molecule has 1 aromatic rings. The number of hydrogen-bond donors (Lipinski definition) is 2. The summed E-state index contributed by atoms with van der Waals surface area (Å²) in [4.78, 5) is 15.2. The number of aromatic nitrogens is 1. The van der Waals surface area contributed by atoms with Crippen LogP contribution in [0.1, 0.15) is 16.9 Å². The molecule has 2 heterocycles. The Bertz CT molecular complexity index is 621. The van der Waals surface area contributed by atoms with Crippen LogP contribution in [0.2, 0.25) is 0 Å². The molecule has 2 N–H and O–H groups in total. The first-order chi connectivity index (χ1) is 9.54. The third-order valence-corrected chi connectivity index (χ3v) is 5.58. The lowest BCUT2D eigenvalue weighted by Gasteiger charge is -2.14. The van der Waals surface area contributed by atoms with Gasteiger partial charge in [0, 0.05) is 13.1 Å². The molecule has 20 heavy (non-hydrogen) atoms. The molecule has 110 valence electrons. The van der Waals surface area contributed by atoms with E-state index < -0.39 is 16.0 Å². The van der Waals surface area contributed by atoms with Crippen molar-refractivity contribution in [2.75, 3.05) is 26.7 Å². The van der Waals surface area contributed by atoms with Crippen LogP contribution in [0.25, 0.3) is 0 Å². The zero-order valence-electron chi connectivity index (χ0n) is 10.9. The van der Waals surface area contributed by atoms with Crippen LogP contribution >= 0.6 is 11.3 Å². The van der Waals surface area contributed by atoms with Gasteiger partial charge in [-0.25, -0.2) is 22.9 Å². The van der Waals surface area contributed by atoms with Crippen molar-refractivity contribution in [3.05, 3.63) is 22.9 Å². The van der Waals surface area contributed by atoms with Gasteiger partial charge in [-0.3, -0.25) is 0 Å². The molecule has 0 spiro atoms. The zero-order valence-corrected chi connectivity index (χ0v) is 12.5.